The van der Waals surface area contributed by atoms with Crippen molar-refractivity contribution in [3.63, 3.8) is 0 Å². The van der Waals surface area contributed by atoms with Gasteiger partial charge in [-0.1, -0.05) is 11.6 Å². The van der Waals surface area contributed by atoms with Crippen molar-refractivity contribution in [3.8, 4) is 0 Å². The van der Waals surface area contributed by atoms with Crippen LogP contribution in [-0.2, 0) is 9.47 Å². The standard InChI is InChI=1S/C12H15ClN2O4/c1-3-18-11(16)14-8-5-6-10(9(13)7-8)15-12(17)19-4-2/h5-7H,3-4H2,1-2H3,(H,14,16)(H,15,17). The van der Waals surface area contributed by atoms with Gasteiger partial charge in [0.1, 0.15) is 0 Å². The fraction of sp³-hybridized carbons (Fsp3) is 0.333. The van der Waals surface area contributed by atoms with Crippen molar-refractivity contribution >= 4 is 35.2 Å². The summed E-state index contributed by atoms with van der Waals surface area (Å²) >= 11 is 5.97. The third-order valence-corrected chi connectivity index (χ3v) is 2.32. The van der Waals surface area contributed by atoms with E-state index in [9.17, 15) is 9.59 Å². The molecule has 0 bridgehead atoms. The molecule has 0 aromatic heterocycles. The van der Waals surface area contributed by atoms with Crippen LogP contribution in [0.1, 0.15) is 13.8 Å². The van der Waals surface area contributed by atoms with Crippen LogP contribution in [-0.4, -0.2) is 25.4 Å². The lowest BCUT2D eigenvalue weighted by Gasteiger charge is -2.09. The number of hydrogen-bond donors (Lipinski definition) is 2. The van der Waals surface area contributed by atoms with Gasteiger partial charge in [0, 0.05) is 5.69 Å². The van der Waals surface area contributed by atoms with Gasteiger partial charge in [-0.15, -0.1) is 0 Å². The highest BCUT2D eigenvalue weighted by atomic mass is 35.5. The average molecular weight is 287 g/mol. The number of carbonyl (C=O) groups is 2. The number of ether oxygens (including phenoxy) is 2. The Balaban J connectivity index is 2.69. The molecule has 0 fully saturated rings. The molecular formula is C12H15ClN2O4. The molecule has 0 saturated carbocycles. The quantitative estimate of drug-likeness (QED) is 0.888. The fourth-order valence-electron chi connectivity index (χ4n) is 1.26. The summed E-state index contributed by atoms with van der Waals surface area (Å²) in [5.41, 5.74) is 0.868. The molecule has 2 amide bonds. The van der Waals surface area contributed by atoms with E-state index < -0.39 is 12.2 Å². The van der Waals surface area contributed by atoms with Crippen molar-refractivity contribution in [1.29, 1.82) is 0 Å². The van der Waals surface area contributed by atoms with Gasteiger partial charge in [0.05, 0.1) is 23.9 Å². The Morgan fingerprint density at radius 2 is 1.68 bits per heavy atom. The van der Waals surface area contributed by atoms with Crippen molar-refractivity contribution in [2.45, 2.75) is 13.8 Å². The summed E-state index contributed by atoms with van der Waals surface area (Å²) in [6.45, 7) is 3.96. The Morgan fingerprint density at radius 3 is 2.21 bits per heavy atom. The Bertz CT molecular complexity index is 465. The van der Waals surface area contributed by atoms with Crippen molar-refractivity contribution < 1.29 is 19.1 Å². The molecule has 0 aliphatic rings. The molecule has 6 nitrogen and oxygen atoms in total. The van der Waals surface area contributed by atoms with Gasteiger partial charge < -0.3 is 9.47 Å². The van der Waals surface area contributed by atoms with Crippen LogP contribution in [0.25, 0.3) is 0 Å². The Kier molecular flexibility index (Phi) is 5.95. The first-order chi connectivity index (χ1) is 9.06. The maximum absolute atomic E-state index is 11.2. The number of amides is 2. The summed E-state index contributed by atoms with van der Waals surface area (Å²) in [6, 6.07) is 4.64. The summed E-state index contributed by atoms with van der Waals surface area (Å²) in [5, 5.41) is 5.26. The second-order valence-corrected chi connectivity index (χ2v) is 3.79. The molecule has 104 valence electrons. The van der Waals surface area contributed by atoms with Crippen LogP contribution in [0, 0.1) is 0 Å². The lowest BCUT2D eigenvalue weighted by molar-refractivity contribution is 0.167. The lowest BCUT2D eigenvalue weighted by Crippen LogP contribution is -2.15. The number of halogens is 1. The molecule has 0 unspecified atom stereocenters. The Labute approximate surface area is 116 Å². The first kappa shape index (κ1) is 15.1. The molecule has 0 heterocycles. The molecule has 0 saturated heterocycles. The molecule has 1 rings (SSSR count). The molecule has 0 aliphatic carbocycles. The van der Waals surface area contributed by atoms with Crippen molar-refractivity contribution in [1.82, 2.24) is 0 Å². The van der Waals surface area contributed by atoms with E-state index in [1.807, 2.05) is 0 Å². The third-order valence-electron chi connectivity index (χ3n) is 2.00. The van der Waals surface area contributed by atoms with Gasteiger partial charge in [0.2, 0.25) is 0 Å². The molecule has 0 atom stereocenters. The van der Waals surface area contributed by atoms with E-state index >= 15 is 0 Å². The van der Waals surface area contributed by atoms with Gasteiger partial charge in [-0.25, -0.2) is 9.59 Å². The number of hydrogen-bond acceptors (Lipinski definition) is 4. The predicted octanol–water partition coefficient (Wildman–Crippen LogP) is 3.48. The van der Waals surface area contributed by atoms with E-state index in [1.165, 1.54) is 6.07 Å². The summed E-state index contributed by atoms with van der Waals surface area (Å²) in [4.78, 5) is 22.4. The van der Waals surface area contributed by atoms with Crippen LogP contribution in [0.15, 0.2) is 18.2 Å². The molecule has 2 N–H and O–H groups in total. The highest BCUT2D eigenvalue weighted by Gasteiger charge is 2.08. The van der Waals surface area contributed by atoms with Gasteiger partial charge in [-0.05, 0) is 32.0 Å². The van der Waals surface area contributed by atoms with Crippen LogP contribution in [0.5, 0.6) is 0 Å². The first-order valence-corrected chi connectivity index (χ1v) is 6.11. The number of carbonyl (C=O) groups excluding carboxylic acids is 2. The SMILES string of the molecule is CCOC(=O)Nc1ccc(NC(=O)OCC)c(Cl)c1. The van der Waals surface area contributed by atoms with Crippen molar-refractivity contribution in [2.75, 3.05) is 23.8 Å². The number of nitrogens with one attached hydrogen (secondary N) is 2. The van der Waals surface area contributed by atoms with Gasteiger partial charge in [0.15, 0.2) is 0 Å². The second kappa shape index (κ2) is 7.48. The van der Waals surface area contributed by atoms with E-state index in [1.54, 1.807) is 26.0 Å². The molecular weight excluding hydrogens is 272 g/mol. The first-order valence-electron chi connectivity index (χ1n) is 5.74. The normalized spacial score (nSPS) is 9.63. The predicted molar refractivity (Wildman–Crippen MR) is 72.7 cm³/mol. The van der Waals surface area contributed by atoms with Crippen LogP contribution >= 0.6 is 11.6 Å². The van der Waals surface area contributed by atoms with Crippen molar-refractivity contribution in [2.24, 2.45) is 0 Å². The summed E-state index contributed by atoms with van der Waals surface area (Å²) in [6.07, 6.45) is -1.15. The topological polar surface area (TPSA) is 76.7 Å². The zero-order chi connectivity index (χ0) is 14.3. The van der Waals surface area contributed by atoms with Gasteiger partial charge in [-0.2, -0.15) is 0 Å². The molecule has 1 aromatic carbocycles. The second-order valence-electron chi connectivity index (χ2n) is 3.39. The summed E-state index contributed by atoms with van der Waals surface area (Å²) in [7, 11) is 0. The van der Waals surface area contributed by atoms with Crippen LogP contribution in [0.3, 0.4) is 0 Å². The maximum atomic E-state index is 11.2. The smallest absolute Gasteiger partial charge is 0.411 e. The minimum Gasteiger partial charge on any atom is -0.450 e. The van der Waals surface area contributed by atoms with E-state index in [-0.39, 0.29) is 18.2 Å². The van der Waals surface area contributed by atoms with Gasteiger partial charge >= 0.3 is 12.2 Å². The average Bonchev–Trinajstić information content (AvgIpc) is 2.33. The molecule has 19 heavy (non-hydrogen) atoms. The molecule has 0 aliphatic heterocycles. The fourth-order valence-corrected chi connectivity index (χ4v) is 1.48. The number of benzene rings is 1. The van der Waals surface area contributed by atoms with Crippen LogP contribution < -0.4 is 10.6 Å². The Hall–Kier alpha value is -1.95. The van der Waals surface area contributed by atoms with E-state index in [0.29, 0.717) is 11.4 Å². The van der Waals surface area contributed by atoms with Gasteiger partial charge in [0.25, 0.3) is 0 Å². The molecule has 7 heteroatoms. The van der Waals surface area contributed by atoms with Crippen LogP contribution in [0.2, 0.25) is 5.02 Å². The maximum Gasteiger partial charge on any atom is 0.411 e. The minimum atomic E-state index is -0.587. The third kappa shape index (κ3) is 5.05. The largest absolute Gasteiger partial charge is 0.450 e. The molecule has 0 radical (unpaired) electrons. The molecule has 1 aromatic rings. The van der Waals surface area contributed by atoms with Crippen LogP contribution in [0.4, 0.5) is 21.0 Å². The summed E-state index contributed by atoms with van der Waals surface area (Å²) < 4.78 is 9.46. The Morgan fingerprint density at radius 1 is 1.11 bits per heavy atom. The number of rotatable bonds is 4. The van der Waals surface area contributed by atoms with E-state index in [2.05, 4.69) is 10.6 Å². The number of anilines is 2. The van der Waals surface area contributed by atoms with E-state index in [0.717, 1.165) is 0 Å². The zero-order valence-corrected chi connectivity index (χ0v) is 11.4. The minimum absolute atomic E-state index is 0.270. The highest BCUT2D eigenvalue weighted by molar-refractivity contribution is 6.34. The lowest BCUT2D eigenvalue weighted by atomic mass is 10.3. The summed E-state index contributed by atoms with van der Waals surface area (Å²) in [5.74, 6) is 0. The van der Waals surface area contributed by atoms with Crippen molar-refractivity contribution in [3.05, 3.63) is 23.2 Å². The highest BCUT2D eigenvalue weighted by Crippen LogP contribution is 2.25. The zero-order valence-electron chi connectivity index (χ0n) is 10.7. The monoisotopic (exact) mass is 286 g/mol. The molecule has 0 spiro atoms. The van der Waals surface area contributed by atoms with E-state index in [4.69, 9.17) is 21.1 Å². The van der Waals surface area contributed by atoms with Gasteiger partial charge in [-0.3, -0.25) is 10.6 Å².